The topological polar surface area (TPSA) is 59.0 Å². The second kappa shape index (κ2) is 13.1. The van der Waals surface area contributed by atoms with Gasteiger partial charge in [-0.05, 0) is 88.2 Å². The molecular formula is C29H40FNO4. The maximum absolute atomic E-state index is 14.0. The Morgan fingerprint density at radius 1 is 1.23 bits per heavy atom. The van der Waals surface area contributed by atoms with Gasteiger partial charge < -0.3 is 14.6 Å². The first-order valence-corrected chi connectivity index (χ1v) is 12.8. The summed E-state index contributed by atoms with van der Waals surface area (Å²) in [7, 11) is 0. The molecule has 192 valence electrons. The number of carbonyl (C=O) groups excluding carboxylic acids is 1. The lowest BCUT2D eigenvalue weighted by atomic mass is 9.97. The molecule has 0 saturated carbocycles. The maximum Gasteiger partial charge on any atom is 0.306 e. The molecule has 1 unspecified atom stereocenters. The van der Waals surface area contributed by atoms with E-state index in [0.717, 1.165) is 48.1 Å². The van der Waals surface area contributed by atoms with E-state index in [1.165, 1.54) is 0 Å². The van der Waals surface area contributed by atoms with Crippen LogP contribution in [0.25, 0.3) is 0 Å². The molecule has 2 aromatic carbocycles. The molecule has 5 nitrogen and oxygen atoms in total. The molecular weight excluding hydrogens is 445 g/mol. The van der Waals surface area contributed by atoms with Gasteiger partial charge in [-0.3, -0.25) is 9.69 Å². The van der Waals surface area contributed by atoms with Gasteiger partial charge in [0.25, 0.3) is 0 Å². The van der Waals surface area contributed by atoms with Crippen LogP contribution < -0.4 is 0 Å². The first kappa shape index (κ1) is 27.3. The summed E-state index contributed by atoms with van der Waals surface area (Å²) in [5.41, 5.74) is 4.90. The third-order valence-corrected chi connectivity index (χ3v) is 6.83. The van der Waals surface area contributed by atoms with Crippen molar-refractivity contribution in [3.05, 3.63) is 70.0 Å². The number of likely N-dealkylation sites (tertiary alicyclic amines) is 1. The molecule has 1 aliphatic rings. The quantitative estimate of drug-likeness (QED) is 0.425. The molecule has 3 atom stereocenters. The Morgan fingerprint density at radius 2 is 2.03 bits per heavy atom. The molecule has 3 rings (SSSR count). The number of hydrogen-bond donors (Lipinski definition) is 1. The molecule has 1 N–H and O–H groups in total. The molecule has 2 aromatic rings. The van der Waals surface area contributed by atoms with Gasteiger partial charge in [0.15, 0.2) is 0 Å². The summed E-state index contributed by atoms with van der Waals surface area (Å²) in [6, 6.07) is 11.9. The standard InChI is InChI=1S/C29H40FNO4/c1-5-34-29(33)13-12-24-11-8-20(2)15-27(24)22(4)35-19-26(32)18-31-14-6-7-25(31)16-23-10-9-21(3)28(30)17-23/h8-11,15,17,22,25-26,32H,5-7,12-14,16,18-19H2,1-4H3/t22-,25?,26-/m1/s1. The zero-order chi connectivity index (χ0) is 25.4. The Kier molecular flexibility index (Phi) is 10.3. The van der Waals surface area contributed by atoms with E-state index in [4.69, 9.17) is 9.47 Å². The van der Waals surface area contributed by atoms with Crippen molar-refractivity contribution >= 4 is 5.97 Å². The highest BCUT2D eigenvalue weighted by Crippen LogP contribution is 2.26. The number of esters is 1. The minimum Gasteiger partial charge on any atom is -0.466 e. The number of hydrogen-bond acceptors (Lipinski definition) is 5. The highest BCUT2D eigenvalue weighted by molar-refractivity contribution is 5.69. The molecule has 1 heterocycles. The van der Waals surface area contributed by atoms with E-state index in [1.54, 1.807) is 13.0 Å². The van der Waals surface area contributed by atoms with Crippen molar-refractivity contribution < 1.29 is 23.8 Å². The van der Waals surface area contributed by atoms with Crippen molar-refractivity contribution in [2.24, 2.45) is 0 Å². The summed E-state index contributed by atoms with van der Waals surface area (Å²) >= 11 is 0. The zero-order valence-corrected chi connectivity index (χ0v) is 21.6. The van der Waals surface area contributed by atoms with Gasteiger partial charge in [0.05, 0.1) is 25.4 Å². The number of benzene rings is 2. The van der Waals surface area contributed by atoms with E-state index in [9.17, 15) is 14.3 Å². The Morgan fingerprint density at radius 3 is 2.77 bits per heavy atom. The molecule has 1 fully saturated rings. The van der Waals surface area contributed by atoms with Crippen molar-refractivity contribution in [2.75, 3.05) is 26.3 Å². The minimum atomic E-state index is -0.611. The third kappa shape index (κ3) is 8.13. The Hall–Kier alpha value is -2.28. The van der Waals surface area contributed by atoms with Crippen molar-refractivity contribution in [2.45, 2.75) is 78.0 Å². The van der Waals surface area contributed by atoms with Crippen LogP contribution in [0, 0.1) is 19.7 Å². The van der Waals surface area contributed by atoms with Crippen LogP contribution in [0.1, 0.15) is 67.0 Å². The van der Waals surface area contributed by atoms with Crippen LogP contribution in [0.15, 0.2) is 36.4 Å². The Bertz CT molecular complexity index is 979. The van der Waals surface area contributed by atoms with Crippen molar-refractivity contribution in [3.8, 4) is 0 Å². The first-order valence-electron chi connectivity index (χ1n) is 12.8. The minimum absolute atomic E-state index is 0.160. The van der Waals surface area contributed by atoms with Gasteiger partial charge in [-0.1, -0.05) is 35.9 Å². The summed E-state index contributed by atoms with van der Waals surface area (Å²) in [6.07, 6.45) is 3.03. The van der Waals surface area contributed by atoms with Gasteiger partial charge in [0.1, 0.15) is 5.82 Å². The highest BCUT2D eigenvalue weighted by Gasteiger charge is 2.27. The van der Waals surface area contributed by atoms with E-state index in [0.29, 0.717) is 37.6 Å². The van der Waals surface area contributed by atoms with Crippen LogP contribution in [0.4, 0.5) is 4.39 Å². The largest absolute Gasteiger partial charge is 0.466 e. The Labute approximate surface area is 209 Å². The van der Waals surface area contributed by atoms with Crippen LogP contribution >= 0.6 is 0 Å². The fourth-order valence-electron chi connectivity index (χ4n) is 4.86. The molecule has 6 heteroatoms. The van der Waals surface area contributed by atoms with Crippen LogP contribution in [0.5, 0.6) is 0 Å². The molecule has 1 aliphatic heterocycles. The Balaban J connectivity index is 1.53. The van der Waals surface area contributed by atoms with Crippen molar-refractivity contribution in [1.82, 2.24) is 4.90 Å². The third-order valence-electron chi connectivity index (χ3n) is 6.83. The van der Waals surface area contributed by atoms with E-state index in [1.807, 2.05) is 45.0 Å². The predicted molar refractivity (Wildman–Crippen MR) is 136 cm³/mol. The smallest absolute Gasteiger partial charge is 0.306 e. The second-order valence-electron chi connectivity index (χ2n) is 9.72. The van der Waals surface area contributed by atoms with E-state index in [2.05, 4.69) is 11.0 Å². The zero-order valence-electron chi connectivity index (χ0n) is 21.6. The summed E-state index contributed by atoms with van der Waals surface area (Å²) in [4.78, 5) is 14.1. The van der Waals surface area contributed by atoms with Crippen LogP contribution in [-0.4, -0.2) is 54.4 Å². The summed E-state index contributed by atoms with van der Waals surface area (Å²) in [6.45, 7) is 9.69. The molecule has 35 heavy (non-hydrogen) atoms. The summed E-state index contributed by atoms with van der Waals surface area (Å²) in [5, 5.41) is 10.7. The number of halogens is 1. The monoisotopic (exact) mass is 485 g/mol. The fraction of sp³-hybridized carbons (Fsp3) is 0.552. The fourth-order valence-corrected chi connectivity index (χ4v) is 4.86. The van der Waals surface area contributed by atoms with Crippen LogP contribution in [-0.2, 0) is 27.1 Å². The molecule has 0 aromatic heterocycles. The van der Waals surface area contributed by atoms with Gasteiger partial charge in [-0.15, -0.1) is 0 Å². The van der Waals surface area contributed by atoms with Gasteiger partial charge in [0.2, 0.25) is 0 Å². The van der Waals surface area contributed by atoms with E-state index in [-0.39, 0.29) is 24.5 Å². The summed E-state index contributed by atoms with van der Waals surface area (Å²) < 4.78 is 25.1. The van der Waals surface area contributed by atoms with Crippen molar-refractivity contribution in [3.63, 3.8) is 0 Å². The lowest BCUT2D eigenvalue weighted by Gasteiger charge is -2.28. The maximum atomic E-state index is 14.0. The van der Waals surface area contributed by atoms with E-state index < -0.39 is 6.10 Å². The number of carbonyl (C=O) groups is 1. The molecule has 0 bridgehead atoms. The van der Waals surface area contributed by atoms with Gasteiger partial charge in [-0.25, -0.2) is 4.39 Å². The van der Waals surface area contributed by atoms with Gasteiger partial charge in [-0.2, -0.15) is 0 Å². The van der Waals surface area contributed by atoms with Gasteiger partial charge in [0, 0.05) is 19.0 Å². The molecule has 0 amide bonds. The average Bonchev–Trinajstić information content (AvgIpc) is 3.25. The van der Waals surface area contributed by atoms with Crippen LogP contribution in [0.2, 0.25) is 0 Å². The van der Waals surface area contributed by atoms with Gasteiger partial charge >= 0.3 is 5.97 Å². The molecule has 1 saturated heterocycles. The normalized spacial score (nSPS) is 17.9. The van der Waals surface area contributed by atoms with Crippen LogP contribution in [0.3, 0.4) is 0 Å². The molecule has 0 aliphatic carbocycles. The second-order valence-corrected chi connectivity index (χ2v) is 9.72. The highest BCUT2D eigenvalue weighted by atomic mass is 19.1. The summed E-state index contributed by atoms with van der Waals surface area (Å²) in [5.74, 6) is -0.358. The predicted octanol–water partition coefficient (Wildman–Crippen LogP) is 5.08. The molecule has 0 radical (unpaired) electrons. The number of aliphatic hydroxyl groups excluding tert-OH is 1. The number of ether oxygens (including phenoxy) is 2. The average molecular weight is 486 g/mol. The number of rotatable bonds is 12. The first-order chi connectivity index (χ1) is 16.8. The number of aryl methyl sites for hydroxylation is 3. The number of aliphatic hydroxyl groups is 1. The lowest BCUT2D eigenvalue weighted by Crippen LogP contribution is -2.39. The SMILES string of the molecule is CCOC(=O)CCc1ccc(C)cc1[C@@H](C)OC[C@H](O)CN1CCCC1Cc1ccc(C)c(F)c1. The number of β-amino-alcohol motifs (C(OH)–C–C–N with tert-alkyl or cyclic N) is 1. The van der Waals surface area contributed by atoms with Crippen molar-refractivity contribution in [1.29, 1.82) is 0 Å². The number of nitrogens with zero attached hydrogens (tertiary/aromatic N) is 1. The molecule has 0 spiro atoms. The lowest BCUT2D eigenvalue weighted by molar-refractivity contribution is -0.143. The van der Waals surface area contributed by atoms with E-state index >= 15 is 0 Å².